The molecule has 2 rings (SSSR count). The van der Waals surface area contributed by atoms with Crippen LogP contribution >= 0.6 is 0 Å². The van der Waals surface area contributed by atoms with Crippen molar-refractivity contribution in [2.75, 3.05) is 6.61 Å². The summed E-state index contributed by atoms with van der Waals surface area (Å²) in [4.78, 5) is 12.1. The van der Waals surface area contributed by atoms with Crippen LogP contribution in [0.3, 0.4) is 0 Å². The number of ether oxygens (including phenoxy) is 1. The molecular weight excluding hydrogens is 276 g/mol. The monoisotopic (exact) mass is 304 g/mol. The van der Waals surface area contributed by atoms with Gasteiger partial charge in [0.2, 0.25) is 5.91 Å². The van der Waals surface area contributed by atoms with Crippen molar-refractivity contribution in [1.29, 1.82) is 0 Å². The maximum atomic E-state index is 12.1. The number of fused-ring (bicyclic) bond motifs is 1. The van der Waals surface area contributed by atoms with Gasteiger partial charge in [-0.15, -0.1) is 0 Å². The molecular formula is C18H28N2O2. The maximum absolute atomic E-state index is 12.1. The molecule has 3 N–H and O–H groups in total. The van der Waals surface area contributed by atoms with Crippen molar-refractivity contribution >= 4 is 5.91 Å². The van der Waals surface area contributed by atoms with Crippen molar-refractivity contribution in [3.8, 4) is 5.75 Å². The second-order valence-corrected chi connectivity index (χ2v) is 6.88. The molecule has 0 radical (unpaired) electrons. The van der Waals surface area contributed by atoms with Gasteiger partial charge in [-0.3, -0.25) is 4.79 Å². The molecule has 0 aliphatic carbocycles. The third kappa shape index (κ3) is 3.43. The molecule has 2 unspecified atom stereocenters. The number of hydrogen-bond acceptors (Lipinski definition) is 3. The lowest BCUT2D eigenvalue weighted by Crippen LogP contribution is -2.35. The van der Waals surface area contributed by atoms with E-state index in [1.165, 1.54) is 0 Å². The zero-order chi connectivity index (χ0) is 16.4. The van der Waals surface area contributed by atoms with Crippen LogP contribution in [0.2, 0.25) is 0 Å². The van der Waals surface area contributed by atoms with Gasteiger partial charge in [-0.05, 0) is 30.0 Å². The lowest BCUT2D eigenvalue weighted by molar-refractivity contribution is -0.124. The van der Waals surface area contributed by atoms with Crippen molar-refractivity contribution in [2.45, 2.75) is 53.1 Å². The minimum atomic E-state index is -0.0199. The Morgan fingerprint density at radius 1 is 1.32 bits per heavy atom. The molecule has 0 fully saturated rings. The number of carbonyl (C=O) groups excluding carboxylic acids is 1. The largest absolute Gasteiger partial charge is 0.493 e. The molecule has 2 atom stereocenters. The molecule has 1 aromatic carbocycles. The highest BCUT2D eigenvalue weighted by Crippen LogP contribution is 2.37. The number of rotatable bonds is 4. The van der Waals surface area contributed by atoms with Crippen molar-refractivity contribution in [2.24, 2.45) is 17.6 Å². The minimum absolute atomic E-state index is 0.00706. The van der Waals surface area contributed by atoms with Crippen molar-refractivity contribution in [3.63, 3.8) is 0 Å². The predicted molar refractivity (Wildman–Crippen MR) is 88.8 cm³/mol. The van der Waals surface area contributed by atoms with E-state index in [4.69, 9.17) is 10.5 Å². The molecule has 1 amide bonds. The van der Waals surface area contributed by atoms with E-state index >= 15 is 0 Å². The van der Waals surface area contributed by atoms with Crippen LogP contribution in [0.1, 0.15) is 62.9 Å². The summed E-state index contributed by atoms with van der Waals surface area (Å²) in [5.74, 6) is 1.33. The molecule has 0 saturated heterocycles. The van der Waals surface area contributed by atoms with Crippen molar-refractivity contribution in [3.05, 3.63) is 28.8 Å². The Bertz CT molecular complexity index is 552. The zero-order valence-corrected chi connectivity index (χ0v) is 14.3. The molecule has 0 saturated carbocycles. The summed E-state index contributed by atoms with van der Waals surface area (Å²) in [7, 11) is 0. The van der Waals surface area contributed by atoms with Crippen LogP contribution < -0.4 is 15.8 Å². The van der Waals surface area contributed by atoms with Crippen molar-refractivity contribution in [1.82, 2.24) is 5.32 Å². The SMILES string of the molecule is Cc1cc(C(N)C(C)C)cc2c1OCCC2NC(=O)C(C)C. The highest BCUT2D eigenvalue weighted by atomic mass is 16.5. The van der Waals surface area contributed by atoms with Gasteiger partial charge >= 0.3 is 0 Å². The van der Waals surface area contributed by atoms with E-state index in [2.05, 4.69) is 31.3 Å². The number of hydrogen-bond donors (Lipinski definition) is 2. The summed E-state index contributed by atoms with van der Waals surface area (Å²) >= 11 is 0. The van der Waals surface area contributed by atoms with Gasteiger partial charge in [-0.2, -0.15) is 0 Å². The molecule has 122 valence electrons. The number of nitrogens with two attached hydrogens (primary N) is 1. The van der Waals surface area contributed by atoms with Crippen LogP contribution in [0, 0.1) is 18.8 Å². The van der Waals surface area contributed by atoms with E-state index in [-0.39, 0.29) is 23.9 Å². The minimum Gasteiger partial charge on any atom is -0.493 e. The summed E-state index contributed by atoms with van der Waals surface area (Å²) in [6.45, 7) is 10.7. The van der Waals surface area contributed by atoms with E-state index in [1.54, 1.807) is 0 Å². The zero-order valence-electron chi connectivity index (χ0n) is 14.3. The van der Waals surface area contributed by atoms with E-state index in [0.29, 0.717) is 12.5 Å². The van der Waals surface area contributed by atoms with Gasteiger partial charge in [0.1, 0.15) is 5.75 Å². The van der Waals surface area contributed by atoms with Gasteiger partial charge in [-0.1, -0.05) is 33.8 Å². The van der Waals surface area contributed by atoms with Gasteiger partial charge in [0.25, 0.3) is 0 Å². The van der Waals surface area contributed by atoms with E-state index < -0.39 is 0 Å². The summed E-state index contributed by atoms with van der Waals surface area (Å²) in [6.07, 6.45) is 0.797. The smallest absolute Gasteiger partial charge is 0.223 e. The Morgan fingerprint density at radius 2 is 2.00 bits per heavy atom. The Labute approximate surface area is 133 Å². The number of benzene rings is 1. The fourth-order valence-corrected chi connectivity index (χ4v) is 2.79. The second kappa shape index (κ2) is 6.69. The normalized spacial score (nSPS) is 18.8. The third-order valence-corrected chi connectivity index (χ3v) is 4.30. The number of amides is 1. The molecule has 22 heavy (non-hydrogen) atoms. The first kappa shape index (κ1) is 16.8. The van der Waals surface area contributed by atoms with E-state index in [0.717, 1.165) is 28.9 Å². The topological polar surface area (TPSA) is 64.3 Å². The van der Waals surface area contributed by atoms with Gasteiger partial charge in [0, 0.05) is 23.9 Å². The van der Waals surface area contributed by atoms with Crippen LogP contribution in [0.15, 0.2) is 12.1 Å². The molecule has 0 spiro atoms. The van der Waals surface area contributed by atoms with Gasteiger partial charge in [-0.25, -0.2) is 0 Å². The molecule has 0 aromatic heterocycles. The highest BCUT2D eigenvalue weighted by molar-refractivity contribution is 5.78. The molecule has 4 nitrogen and oxygen atoms in total. The fraction of sp³-hybridized carbons (Fsp3) is 0.611. The van der Waals surface area contributed by atoms with Crippen LogP contribution in [-0.4, -0.2) is 12.5 Å². The lowest BCUT2D eigenvalue weighted by atomic mass is 9.89. The first-order valence-electron chi connectivity index (χ1n) is 8.14. The molecule has 1 aromatic rings. The van der Waals surface area contributed by atoms with Gasteiger partial charge in [0.15, 0.2) is 0 Å². The first-order valence-corrected chi connectivity index (χ1v) is 8.14. The van der Waals surface area contributed by atoms with Gasteiger partial charge in [0.05, 0.1) is 12.6 Å². The predicted octanol–water partition coefficient (Wildman–Crippen LogP) is 3.25. The summed E-state index contributed by atoms with van der Waals surface area (Å²) in [5.41, 5.74) is 9.57. The van der Waals surface area contributed by atoms with Gasteiger partial charge < -0.3 is 15.8 Å². The lowest BCUT2D eigenvalue weighted by Gasteiger charge is -2.30. The summed E-state index contributed by atoms with van der Waals surface area (Å²) in [6, 6.07) is 4.22. The maximum Gasteiger partial charge on any atom is 0.223 e. The Kier molecular flexibility index (Phi) is 5.12. The van der Waals surface area contributed by atoms with Crippen LogP contribution in [0.4, 0.5) is 0 Å². The van der Waals surface area contributed by atoms with Crippen LogP contribution in [0.25, 0.3) is 0 Å². The quantitative estimate of drug-likeness (QED) is 0.897. The van der Waals surface area contributed by atoms with Crippen LogP contribution in [0.5, 0.6) is 5.75 Å². The molecule has 0 bridgehead atoms. The Balaban J connectivity index is 2.37. The fourth-order valence-electron chi connectivity index (χ4n) is 2.79. The molecule has 1 aliphatic rings. The Hall–Kier alpha value is -1.55. The van der Waals surface area contributed by atoms with E-state index in [9.17, 15) is 4.79 Å². The van der Waals surface area contributed by atoms with E-state index in [1.807, 2.05) is 20.8 Å². The van der Waals surface area contributed by atoms with Crippen molar-refractivity contribution < 1.29 is 9.53 Å². The summed E-state index contributed by atoms with van der Waals surface area (Å²) < 4.78 is 5.83. The molecule has 4 heteroatoms. The first-order chi connectivity index (χ1) is 10.3. The number of aryl methyl sites for hydroxylation is 1. The Morgan fingerprint density at radius 3 is 2.59 bits per heavy atom. The third-order valence-electron chi connectivity index (χ3n) is 4.30. The summed E-state index contributed by atoms with van der Waals surface area (Å²) in [5, 5.41) is 3.14. The average molecular weight is 304 g/mol. The molecule has 1 heterocycles. The average Bonchev–Trinajstić information content (AvgIpc) is 2.46. The molecule has 1 aliphatic heterocycles. The number of carbonyl (C=O) groups is 1. The highest BCUT2D eigenvalue weighted by Gasteiger charge is 2.27. The second-order valence-electron chi connectivity index (χ2n) is 6.88. The van der Waals surface area contributed by atoms with Crippen LogP contribution in [-0.2, 0) is 4.79 Å². The number of nitrogens with one attached hydrogen (secondary N) is 1. The standard InChI is InChI=1S/C18H28N2O2/c1-10(2)16(19)13-8-12(5)17-14(9-13)15(6-7-22-17)20-18(21)11(3)4/h8-11,15-16H,6-7,19H2,1-5H3,(H,20,21).